The van der Waals surface area contributed by atoms with Crippen molar-refractivity contribution in [3.05, 3.63) is 46.7 Å². The van der Waals surface area contributed by atoms with Crippen LogP contribution >= 0.6 is 11.6 Å². The summed E-state index contributed by atoms with van der Waals surface area (Å²) in [5, 5.41) is 9.20. The first-order valence-corrected chi connectivity index (χ1v) is 6.03. The van der Waals surface area contributed by atoms with Crippen molar-refractivity contribution in [1.82, 2.24) is 9.97 Å². The Hall–Kier alpha value is -1.92. The number of hydrogen-bond acceptors (Lipinski definition) is 3. The Balaban J connectivity index is 2.46. The zero-order valence-corrected chi connectivity index (χ0v) is 10.9. The molecule has 18 heavy (non-hydrogen) atoms. The van der Waals surface area contributed by atoms with E-state index in [0.717, 1.165) is 11.3 Å². The lowest BCUT2D eigenvalue weighted by atomic mass is 10.1. The standard InChI is InChI=1S/C14H12ClN3/c1-9(2)12-7-13(15)18-14(17-12)11-5-3-10(8-16)4-6-11/h3-7,9H,1-2H3. The van der Waals surface area contributed by atoms with Crippen molar-refractivity contribution < 1.29 is 0 Å². The third-order valence-corrected chi connectivity index (χ3v) is 2.77. The number of nitriles is 1. The van der Waals surface area contributed by atoms with Crippen molar-refractivity contribution in [3.63, 3.8) is 0 Å². The summed E-state index contributed by atoms with van der Waals surface area (Å²) in [5.74, 6) is 0.887. The second kappa shape index (κ2) is 5.16. The molecule has 0 amide bonds. The summed E-state index contributed by atoms with van der Waals surface area (Å²) < 4.78 is 0. The topological polar surface area (TPSA) is 49.6 Å². The highest BCUT2D eigenvalue weighted by molar-refractivity contribution is 6.29. The van der Waals surface area contributed by atoms with Gasteiger partial charge in [-0.1, -0.05) is 25.4 Å². The van der Waals surface area contributed by atoms with Crippen LogP contribution in [-0.4, -0.2) is 9.97 Å². The second-order valence-corrected chi connectivity index (χ2v) is 4.67. The fourth-order valence-corrected chi connectivity index (χ4v) is 1.75. The van der Waals surface area contributed by atoms with Gasteiger partial charge in [0, 0.05) is 11.3 Å². The van der Waals surface area contributed by atoms with Gasteiger partial charge in [0.25, 0.3) is 0 Å². The van der Waals surface area contributed by atoms with Crippen molar-refractivity contribution in [3.8, 4) is 17.5 Å². The monoisotopic (exact) mass is 257 g/mol. The van der Waals surface area contributed by atoms with Gasteiger partial charge in [-0.3, -0.25) is 0 Å². The zero-order chi connectivity index (χ0) is 13.1. The molecule has 0 N–H and O–H groups in total. The Kier molecular flexibility index (Phi) is 3.59. The van der Waals surface area contributed by atoms with Gasteiger partial charge < -0.3 is 0 Å². The SMILES string of the molecule is CC(C)c1cc(Cl)nc(-c2ccc(C#N)cc2)n1. The van der Waals surface area contributed by atoms with E-state index in [1.165, 1.54) is 0 Å². The van der Waals surface area contributed by atoms with E-state index in [9.17, 15) is 0 Å². The van der Waals surface area contributed by atoms with Crippen LogP contribution in [-0.2, 0) is 0 Å². The van der Waals surface area contributed by atoms with E-state index in [4.69, 9.17) is 16.9 Å². The molecule has 4 heteroatoms. The van der Waals surface area contributed by atoms with E-state index in [1.54, 1.807) is 18.2 Å². The molecule has 1 aromatic heterocycles. The van der Waals surface area contributed by atoms with Crippen LogP contribution < -0.4 is 0 Å². The Morgan fingerprint density at radius 1 is 1.17 bits per heavy atom. The van der Waals surface area contributed by atoms with Crippen molar-refractivity contribution in [2.75, 3.05) is 0 Å². The lowest BCUT2D eigenvalue weighted by molar-refractivity contribution is 0.817. The number of hydrogen-bond donors (Lipinski definition) is 0. The molecule has 2 aromatic rings. The molecular weight excluding hydrogens is 246 g/mol. The molecular formula is C14H12ClN3. The smallest absolute Gasteiger partial charge is 0.161 e. The van der Waals surface area contributed by atoms with Crippen LogP contribution in [0.5, 0.6) is 0 Å². The minimum Gasteiger partial charge on any atom is -0.233 e. The van der Waals surface area contributed by atoms with Gasteiger partial charge in [-0.2, -0.15) is 5.26 Å². The predicted octanol–water partition coefficient (Wildman–Crippen LogP) is 3.79. The second-order valence-electron chi connectivity index (χ2n) is 4.28. The quantitative estimate of drug-likeness (QED) is 0.769. The molecule has 0 saturated heterocycles. The molecule has 0 atom stereocenters. The highest BCUT2D eigenvalue weighted by Crippen LogP contribution is 2.22. The maximum Gasteiger partial charge on any atom is 0.161 e. The van der Waals surface area contributed by atoms with E-state index in [-0.39, 0.29) is 0 Å². The summed E-state index contributed by atoms with van der Waals surface area (Å²) in [6, 6.07) is 11.0. The van der Waals surface area contributed by atoms with Crippen molar-refractivity contribution in [2.24, 2.45) is 0 Å². The average molecular weight is 258 g/mol. The number of benzene rings is 1. The third kappa shape index (κ3) is 2.66. The molecule has 0 aliphatic rings. The summed E-state index contributed by atoms with van der Waals surface area (Å²) in [5.41, 5.74) is 2.39. The van der Waals surface area contributed by atoms with Crippen molar-refractivity contribution >= 4 is 11.6 Å². The molecule has 1 aromatic carbocycles. The zero-order valence-electron chi connectivity index (χ0n) is 10.2. The maximum atomic E-state index is 8.76. The molecule has 0 saturated carbocycles. The minimum absolute atomic E-state index is 0.294. The molecule has 90 valence electrons. The van der Waals surface area contributed by atoms with Crippen LogP contribution in [0.1, 0.15) is 31.0 Å². The van der Waals surface area contributed by atoms with E-state index in [1.807, 2.05) is 12.1 Å². The largest absolute Gasteiger partial charge is 0.233 e. The molecule has 3 nitrogen and oxygen atoms in total. The van der Waals surface area contributed by atoms with Gasteiger partial charge in [0.15, 0.2) is 5.82 Å². The van der Waals surface area contributed by atoms with Crippen LogP contribution in [0, 0.1) is 11.3 Å². The maximum absolute atomic E-state index is 8.76. The lowest BCUT2D eigenvalue weighted by Gasteiger charge is -2.07. The number of halogens is 1. The van der Waals surface area contributed by atoms with E-state index in [0.29, 0.717) is 22.5 Å². The highest BCUT2D eigenvalue weighted by atomic mass is 35.5. The van der Waals surface area contributed by atoms with Crippen LogP contribution in [0.15, 0.2) is 30.3 Å². The first kappa shape index (κ1) is 12.5. The van der Waals surface area contributed by atoms with Crippen molar-refractivity contribution in [1.29, 1.82) is 5.26 Å². The Labute approximate surface area is 111 Å². The minimum atomic E-state index is 0.294. The Bertz CT molecular complexity index is 597. The molecule has 0 bridgehead atoms. The summed E-state index contributed by atoms with van der Waals surface area (Å²) >= 11 is 6.00. The van der Waals surface area contributed by atoms with E-state index in [2.05, 4.69) is 29.9 Å². The first-order chi connectivity index (χ1) is 8.60. The van der Waals surface area contributed by atoms with Gasteiger partial charge in [0.1, 0.15) is 5.15 Å². The van der Waals surface area contributed by atoms with Gasteiger partial charge in [-0.05, 0) is 36.2 Å². The molecule has 0 radical (unpaired) electrons. The van der Waals surface area contributed by atoms with Crippen LogP contribution in [0.3, 0.4) is 0 Å². The Morgan fingerprint density at radius 3 is 2.39 bits per heavy atom. The number of aromatic nitrogens is 2. The van der Waals surface area contributed by atoms with E-state index >= 15 is 0 Å². The van der Waals surface area contributed by atoms with Crippen LogP contribution in [0.2, 0.25) is 5.15 Å². The van der Waals surface area contributed by atoms with Gasteiger partial charge in [0.2, 0.25) is 0 Å². The van der Waals surface area contributed by atoms with Crippen LogP contribution in [0.4, 0.5) is 0 Å². The molecule has 0 fully saturated rings. The fraction of sp³-hybridized carbons (Fsp3) is 0.214. The number of rotatable bonds is 2. The van der Waals surface area contributed by atoms with Gasteiger partial charge in [-0.25, -0.2) is 9.97 Å². The van der Waals surface area contributed by atoms with Gasteiger partial charge in [-0.15, -0.1) is 0 Å². The molecule has 0 aliphatic carbocycles. The third-order valence-electron chi connectivity index (χ3n) is 2.58. The molecule has 2 rings (SSSR count). The summed E-state index contributed by atoms with van der Waals surface area (Å²) in [6.07, 6.45) is 0. The Morgan fingerprint density at radius 2 is 1.83 bits per heavy atom. The molecule has 0 spiro atoms. The fourth-order valence-electron chi connectivity index (χ4n) is 1.55. The van der Waals surface area contributed by atoms with Crippen LogP contribution in [0.25, 0.3) is 11.4 Å². The highest BCUT2D eigenvalue weighted by Gasteiger charge is 2.08. The van der Waals surface area contributed by atoms with Gasteiger partial charge in [0.05, 0.1) is 11.6 Å². The predicted molar refractivity (Wildman–Crippen MR) is 71.3 cm³/mol. The molecule has 0 unspecified atom stereocenters. The average Bonchev–Trinajstić information content (AvgIpc) is 2.38. The van der Waals surface area contributed by atoms with Gasteiger partial charge >= 0.3 is 0 Å². The number of nitrogens with zero attached hydrogens (tertiary/aromatic N) is 3. The van der Waals surface area contributed by atoms with E-state index < -0.39 is 0 Å². The summed E-state index contributed by atoms with van der Waals surface area (Å²) in [6.45, 7) is 4.11. The normalized spacial score (nSPS) is 10.4. The van der Waals surface area contributed by atoms with Crippen molar-refractivity contribution in [2.45, 2.75) is 19.8 Å². The molecule has 0 aliphatic heterocycles. The molecule has 1 heterocycles. The summed E-state index contributed by atoms with van der Waals surface area (Å²) in [4.78, 5) is 8.69. The summed E-state index contributed by atoms with van der Waals surface area (Å²) in [7, 11) is 0. The first-order valence-electron chi connectivity index (χ1n) is 5.65. The lowest BCUT2D eigenvalue weighted by Crippen LogP contribution is -1.98.